The zero-order chi connectivity index (χ0) is 20.6. The van der Waals surface area contributed by atoms with Crippen molar-refractivity contribution < 1.29 is 14.6 Å². The van der Waals surface area contributed by atoms with Crippen molar-refractivity contribution in [2.24, 2.45) is 0 Å². The van der Waals surface area contributed by atoms with E-state index in [1.807, 2.05) is 36.4 Å². The molecule has 0 saturated heterocycles. The van der Waals surface area contributed by atoms with Crippen LogP contribution in [0.15, 0.2) is 72.8 Å². The first kappa shape index (κ1) is 18.9. The van der Waals surface area contributed by atoms with E-state index in [0.717, 1.165) is 0 Å². The summed E-state index contributed by atoms with van der Waals surface area (Å²) in [5.74, 6) is 0.0525. The average Bonchev–Trinajstić information content (AvgIpc) is 3.26. The Bertz CT molecular complexity index is 1020. The normalized spacial score (nSPS) is 15.9. The molecule has 2 aliphatic carbocycles. The molecule has 152 valence electrons. The predicted octanol–water partition coefficient (Wildman–Crippen LogP) is 4.45. The highest BCUT2D eigenvalue weighted by Gasteiger charge is 2.34. The van der Waals surface area contributed by atoms with Crippen LogP contribution in [0.2, 0.25) is 0 Å². The van der Waals surface area contributed by atoms with E-state index >= 15 is 0 Å². The van der Waals surface area contributed by atoms with E-state index < -0.39 is 11.7 Å². The van der Waals surface area contributed by atoms with Crippen LogP contribution in [0.1, 0.15) is 34.6 Å². The Labute approximate surface area is 176 Å². The topological polar surface area (TPSA) is 58.6 Å². The number of rotatable bonds is 5. The maximum Gasteiger partial charge on any atom is 0.407 e. The molecule has 0 fully saturated rings. The molecule has 0 bridgehead atoms. The molecule has 0 aliphatic heterocycles. The molecule has 0 aromatic heterocycles. The zero-order valence-corrected chi connectivity index (χ0v) is 16.8. The van der Waals surface area contributed by atoms with Gasteiger partial charge in [0.1, 0.15) is 6.61 Å². The number of alkyl carbamates (subject to hydrolysis) is 1. The second-order valence-corrected chi connectivity index (χ2v) is 8.35. The molecule has 3 aromatic carbocycles. The smallest absolute Gasteiger partial charge is 0.407 e. The van der Waals surface area contributed by atoms with Gasteiger partial charge in [0.05, 0.1) is 5.60 Å². The summed E-state index contributed by atoms with van der Waals surface area (Å²) in [4.78, 5) is 12.3. The van der Waals surface area contributed by atoms with Crippen LogP contribution in [0.4, 0.5) is 4.79 Å². The lowest BCUT2D eigenvalue weighted by atomic mass is 9.96. The van der Waals surface area contributed by atoms with Crippen molar-refractivity contribution in [3.63, 3.8) is 0 Å². The Kier molecular flexibility index (Phi) is 4.80. The first-order valence-electron chi connectivity index (χ1n) is 10.5. The molecule has 0 spiro atoms. The lowest BCUT2D eigenvalue weighted by molar-refractivity contribution is 0.0423. The summed E-state index contributed by atoms with van der Waals surface area (Å²) in [7, 11) is 0. The van der Waals surface area contributed by atoms with Gasteiger partial charge in [0.2, 0.25) is 0 Å². The maximum atomic E-state index is 12.3. The SMILES string of the molecule is O=C(NCCC1(O)Cc2ccccc2C1)OCC1c2ccccc2-c2ccccc21. The second kappa shape index (κ2) is 7.62. The minimum atomic E-state index is -0.791. The standard InChI is InChI=1S/C26H25NO3/c28-25(27-14-13-26(29)15-18-7-1-2-8-19(18)16-26)30-17-24-22-11-5-3-9-20(22)21-10-4-6-12-23(21)24/h1-12,24,29H,13-17H2,(H,27,28). The van der Waals surface area contributed by atoms with Gasteiger partial charge in [-0.2, -0.15) is 0 Å². The molecular formula is C26H25NO3. The summed E-state index contributed by atoms with van der Waals surface area (Å²) in [5, 5.41) is 13.7. The van der Waals surface area contributed by atoms with Gasteiger partial charge < -0.3 is 15.2 Å². The fraction of sp³-hybridized carbons (Fsp3) is 0.269. The maximum absolute atomic E-state index is 12.3. The fourth-order valence-electron chi connectivity index (χ4n) is 4.90. The third-order valence-corrected chi connectivity index (χ3v) is 6.36. The Morgan fingerprint density at radius 1 is 0.900 bits per heavy atom. The molecule has 0 atom stereocenters. The summed E-state index contributed by atoms with van der Waals surface area (Å²) in [6.45, 7) is 0.691. The summed E-state index contributed by atoms with van der Waals surface area (Å²) in [5.41, 5.74) is 6.42. The largest absolute Gasteiger partial charge is 0.449 e. The van der Waals surface area contributed by atoms with Crippen LogP contribution in [0.3, 0.4) is 0 Å². The highest BCUT2D eigenvalue weighted by Crippen LogP contribution is 2.44. The lowest BCUT2D eigenvalue weighted by Crippen LogP contribution is -2.36. The van der Waals surface area contributed by atoms with Crippen molar-refractivity contribution in [1.82, 2.24) is 5.32 Å². The summed E-state index contributed by atoms with van der Waals surface area (Å²) in [6.07, 6.45) is 1.34. The van der Waals surface area contributed by atoms with E-state index in [4.69, 9.17) is 4.74 Å². The lowest BCUT2D eigenvalue weighted by Gasteiger charge is -2.22. The van der Waals surface area contributed by atoms with Crippen LogP contribution in [-0.4, -0.2) is 30.0 Å². The van der Waals surface area contributed by atoms with Crippen molar-refractivity contribution in [1.29, 1.82) is 0 Å². The molecule has 3 aromatic rings. The zero-order valence-electron chi connectivity index (χ0n) is 16.8. The molecule has 2 aliphatic rings. The third-order valence-electron chi connectivity index (χ3n) is 6.36. The molecule has 0 unspecified atom stereocenters. The van der Waals surface area contributed by atoms with Crippen LogP contribution < -0.4 is 5.32 Å². The number of nitrogens with one attached hydrogen (secondary N) is 1. The molecule has 0 saturated carbocycles. The number of amides is 1. The Morgan fingerprint density at radius 3 is 2.03 bits per heavy atom. The third kappa shape index (κ3) is 3.48. The monoisotopic (exact) mass is 399 g/mol. The van der Waals surface area contributed by atoms with Gasteiger partial charge in [-0.1, -0.05) is 72.8 Å². The van der Waals surface area contributed by atoms with Crippen LogP contribution in [-0.2, 0) is 17.6 Å². The molecule has 5 rings (SSSR count). The molecule has 0 heterocycles. The van der Waals surface area contributed by atoms with E-state index in [-0.39, 0.29) is 5.92 Å². The van der Waals surface area contributed by atoms with E-state index in [9.17, 15) is 9.90 Å². The van der Waals surface area contributed by atoms with Crippen molar-refractivity contribution >= 4 is 6.09 Å². The minimum absolute atomic E-state index is 0.0525. The molecular weight excluding hydrogens is 374 g/mol. The minimum Gasteiger partial charge on any atom is -0.449 e. The number of hydrogen-bond donors (Lipinski definition) is 2. The van der Waals surface area contributed by atoms with E-state index in [1.54, 1.807) is 0 Å². The number of benzene rings is 3. The van der Waals surface area contributed by atoms with Gasteiger partial charge in [-0.25, -0.2) is 4.79 Å². The van der Waals surface area contributed by atoms with Crippen LogP contribution >= 0.6 is 0 Å². The number of fused-ring (bicyclic) bond motifs is 4. The molecule has 0 radical (unpaired) electrons. The fourth-order valence-corrected chi connectivity index (χ4v) is 4.90. The Morgan fingerprint density at radius 2 is 1.43 bits per heavy atom. The number of carbonyl (C=O) groups excluding carboxylic acids is 1. The summed E-state index contributed by atoms with van der Waals surface area (Å²) in [6, 6.07) is 24.7. The predicted molar refractivity (Wildman–Crippen MR) is 116 cm³/mol. The Hall–Kier alpha value is -3.11. The van der Waals surface area contributed by atoms with Gasteiger partial charge in [-0.3, -0.25) is 0 Å². The average molecular weight is 399 g/mol. The van der Waals surface area contributed by atoms with Crippen LogP contribution in [0.25, 0.3) is 11.1 Å². The van der Waals surface area contributed by atoms with Crippen molar-refractivity contribution in [2.75, 3.05) is 13.2 Å². The van der Waals surface area contributed by atoms with Gasteiger partial charge in [0, 0.05) is 25.3 Å². The first-order chi connectivity index (χ1) is 14.6. The van der Waals surface area contributed by atoms with E-state index in [2.05, 4.69) is 41.7 Å². The van der Waals surface area contributed by atoms with Gasteiger partial charge >= 0.3 is 6.09 Å². The highest BCUT2D eigenvalue weighted by molar-refractivity contribution is 5.79. The van der Waals surface area contributed by atoms with Crippen LogP contribution in [0.5, 0.6) is 0 Å². The van der Waals surface area contributed by atoms with Gasteiger partial charge in [-0.15, -0.1) is 0 Å². The molecule has 30 heavy (non-hydrogen) atoms. The molecule has 1 amide bonds. The number of aliphatic hydroxyl groups is 1. The van der Waals surface area contributed by atoms with Crippen molar-refractivity contribution in [2.45, 2.75) is 30.8 Å². The summed E-state index contributed by atoms with van der Waals surface area (Å²) >= 11 is 0. The van der Waals surface area contributed by atoms with Gasteiger partial charge in [0.15, 0.2) is 0 Å². The Balaban J connectivity index is 1.16. The first-order valence-corrected chi connectivity index (χ1v) is 10.5. The van der Waals surface area contributed by atoms with E-state index in [0.29, 0.717) is 32.4 Å². The number of hydrogen-bond acceptors (Lipinski definition) is 3. The van der Waals surface area contributed by atoms with Crippen molar-refractivity contribution in [3.8, 4) is 11.1 Å². The van der Waals surface area contributed by atoms with Crippen molar-refractivity contribution in [3.05, 3.63) is 95.1 Å². The highest BCUT2D eigenvalue weighted by atomic mass is 16.5. The molecule has 2 N–H and O–H groups in total. The van der Waals surface area contributed by atoms with E-state index in [1.165, 1.54) is 33.4 Å². The quantitative estimate of drug-likeness (QED) is 0.667. The van der Waals surface area contributed by atoms with Gasteiger partial charge in [0.25, 0.3) is 0 Å². The molecule has 4 heteroatoms. The number of carbonyl (C=O) groups is 1. The second-order valence-electron chi connectivity index (χ2n) is 8.35. The van der Waals surface area contributed by atoms with Crippen LogP contribution in [0, 0.1) is 0 Å². The molecule has 4 nitrogen and oxygen atoms in total. The summed E-state index contributed by atoms with van der Waals surface area (Å²) < 4.78 is 5.57. The number of ether oxygens (including phenoxy) is 1. The van der Waals surface area contributed by atoms with Gasteiger partial charge in [-0.05, 0) is 39.8 Å².